The van der Waals surface area contributed by atoms with Gasteiger partial charge in [-0.15, -0.1) is 0 Å². The van der Waals surface area contributed by atoms with Crippen molar-refractivity contribution in [2.24, 2.45) is 0 Å². The highest BCUT2D eigenvalue weighted by Crippen LogP contribution is 2.05. The van der Waals surface area contributed by atoms with Gasteiger partial charge in [0.05, 0.1) is 6.33 Å². The molecular formula is C11H9FN2. The first-order valence-corrected chi connectivity index (χ1v) is 4.26. The van der Waals surface area contributed by atoms with Crippen molar-refractivity contribution in [1.29, 1.82) is 0 Å². The summed E-state index contributed by atoms with van der Waals surface area (Å²) in [4.78, 5) is 3.89. The van der Waals surface area contributed by atoms with E-state index in [9.17, 15) is 4.39 Å². The van der Waals surface area contributed by atoms with Gasteiger partial charge in [-0.2, -0.15) is 0 Å². The summed E-state index contributed by atoms with van der Waals surface area (Å²) in [7, 11) is 0. The van der Waals surface area contributed by atoms with Crippen molar-refractivity contribution < 1.29 is 4.39 Å². The Hall–Kier alpha value is -1.90. The molecule has 1 heterocycles. The Morgan fingerprint density at radius 3 is 3.00 bits per heavy atom. The SMILES string of the molecule is Fc1cccc(/C=C/n2ccnc2)c1. The molecule has 1 aromatic carbocycles. The summed E-state index contributed by atoms with van der Waals surface area (Å²) in [6, 6.07) is 6.43. The molecule has 0 saturated carbocycles. The molecule has 0 aliphatic rings. The molecule has 0 saturated heterocycles. The molecule has 3 heteroatoms. The largest absolute Gasteiger partial charge is 0.313 e. The molecule has 14 heavy (non-hydrogen) atoms. The number of rotatable bonds is 2. The number of halogens is 1. The summed E-state index contributed by atoms with van der Waals surface area (Å²) >= 11 is 0. The number of aromatic nitrogens is 2. The first-order chi connectivity index (χ1) is 6.84. The molecule has 1 aromatic heterocycles. The van der Waals surface area contributed by atoms with E-state index < -0.39 is 0 Å². The second-order valence-electron chi connectivity index (χ2n) is 2.88. The Bertz CT molecular complexity index is 432. The van der Waals surface area contributed by atoms with E-state index in [2.05, 4.69) is 4.98 Å². The van der Waals surface area contributed by atoms with Crippen LogP contribution in [-0.4, -0.2) is 9.55 Å². The van der Waals surface area contributed by atoms with E-state index >= 15 is 0 Å². The quantitative estimate of drug-likeness (QED) is 0.708. The monoisotopic (exact) mass is 188 g/mol. The van der Waals surface area contributed by atoms with Crippen LogP contribution < -0.4 is 0 Å². The van der Waals surface area contributed by atoms with E-state index in [-0.39, 0.29) is 5.82 Å². The summed E-state index contributed by atoms with van der Waals surface area (Å²) in [6.07, 6.45) is 8.83. The average molecular weight is 188 g/mol. The fourth-order valence-electron chi connectivity index (χ4n) is 1.14. The van der Waals surface area contributed by atoms with Gasteiger partial charge < -0.3 is 4.57 Å². The van der Waals surface area contributed by atoms with Crippen molar-refractivity contribution in [3.8, 4) is 0 Å². The Labute approximate surface area is 81.3 Å². The van der Waals surface area contributed by atoms with Gasteiger partial charge in [0.15, 0.2) is 0 Å². The van der Waals surface area contributed by atoms with Gasteiger partial charge in [0, 0.05) is 18.6 Å². The van der Waals surface area contributed by atoms with E-state index in [0.717, 1.165) is 5.56 Å². The van der Waals surface area contributed by atoms with Crippen LogP contribution in [0.15, 0.2) is 43.0 Å². The first kappa shape index (κ1) is 8.69. The van der Waals surface area contributed by atoms with Crippen molar-refractivity contribution in [2.45, 2.75) is 0 Å². The lowest BCUT2D eigenvalue weighted by Crippen LogP contribution is -1.79. The maximum Gasteiger partial charge on any atom is 0.123 e. The lowest BCUT2D eigenvalue weighted by molar-refractivity contribution is 0.627. The standard InChI is InChI=1S/C11H9FN2/c12-11-3-1-2-10(8-11)4-6-14-7-5-13-9-14/h1-9H/b6-4+. The van der Waals surface area contributed by atoms with Crippen LogP contribution in [0.1, 0.15) is 5.56 Å². The molecule has 0 spiro atoms. The van der Waals surface area contributed by atoms with Gasteiger partial charge in [-0.05, 0) is 23.8 Å². The number of hydrogen-bond acceptors (Lipinski definition) is 1. The predicted molar refractivity (Wildman–Crippen MR) is 53.9 cm³/mol. The topological polar surface area (TPSA) is 17.8 Å². The van der Waals surface area contributed by atoms with Gasteiger partial charge in [-0.1, -0.05) is 12.1 Å². The van der Waals surface area contributed by atoms with E-state index in [0.29, 0.717) is 0 Å². The summed E-state index contributed by atoms with van der Waals surface area (Å²) in [6.45, 7) is 0. The minimum Gasteiger partial charge on any atom is -0.313 e. The summed E-state index contributed by atoms with van der Waals surface area (Å²) in [5.41, 5.74) is 0.832. The zero-order valence-corrected chi connectivity index (χ0v) is 7.47. The fraction of sp³-hybridized carbons (Fsp3) is 0. The van der Waals surface area contributed by atoms with Crippen molar-refractivity contribution in [3.05, 3.63) is 54.4 Å². The molecule has 0 aliphatic carbocycles. The Morgan fingerprint density at radius 1 is 1.36 bits per heavy atom. The number of imidazole rings is 1. The van der Waals surface area contributed by atoms with Crippen LogP contribution >= 0.6 is 0 Å². The van der Waals surface area contributed by atoms with Crippen LogP contribution in [0.5, 0.6) is 0 Å². The molecule has 0 N–H and O–H groups in total. The van der Waals surface area contributed by atoms with E-state index in [1.165, 1.54) is 12.1 Å². The maximum absolute atomic E-state index is 12.8. The van der Waals surface area contributed by atoms with Gasteiger partial charge in [0.2, 0.25) is 0 Å². The third kappa shape index (κ3) is 2.07. The second-order valence-corrected chi connectivity index (χ2v) is 2.88. The highest BCUT2D eigenvalue weighted by Gasteiger charge is 1.89. The maximum atomic E-state index is 12.8. The van der Waals surface area contributed by atoms with Gasteiger partial charge in [0.25, 0.3) is 0 Å². The van der Waals surface area contributed by atoms with Crippen LogP contribution in [0, 0.1) is 5.82 Å². The minimum absolute atomic E-state index is 0.224. The number of nitrogens with zero attached hydrogens (tertiary/aromatic N) is 2. The average Bonchev–Trinajstić information content (AvgIpc) is 2.67. The summed E-state index contributed by atoms with van der Waals surface area (Å²) < 4.78 is 14.6. The Balaban J connectivity index is 2.18. The van der Waals surface area contributed by atoms with Gasteiger partial charge in [0.1, 0.15) is 5.82 Å². The van der Waals surface area contributed by atoms with Gasteiger partial charge in [-0.25, -0.2) is 9.37 Å². The summed E-state index contributed by atoms with van der Waals surface area (Å²) in [5, 5.41) is 0. The third-order valence-electron chi connectivity index (χ3n) is 1.81. The molecule has 2 rings (SSSR count). The van der Waals surface area contributed by atoms with Crippen molar-refractivity contribution in [1.82, 2.24) is 9.55 Å². The van der Waals surface area contributed by atoms with E-state index in [4.69, 9.17) is 0 Å². The number of hydrogen-bond donors (Lipinski definition) is 0. The second kappa shape index (κ2) is 3.87. The van der Waals surface area contributed by atoms with Crippen LogP contribution in [0.3, 0.4) is 0 Å². The first-order valence-electron chi connectivity index (χ1n) is 4.26. The molecule has 70 valence electrons. The van der Waals surface area contributed by atoms with Crippen LogP contribution in [-0.2, 0) is 0 Å². The van der Waals surface area contributed by atoms with Gasteiger partial charge >= 0.3 is 0 Å². The Kier molecular flexibility index (Phi) is 2.40. The molecule has 2 nitrogen and oxygen atoms in total. The van der Waals surface area contributed by atoms with Crippen LogP contribution in [0.4, 0.5) is 4.39 Å². The molecule has 0 radical (unpaired) electrons. The fourth-order valence-corrected chi connectivity index (χ4v) is 1.14. The highest BCUT2D eigenvalue weighted by molar-refractivity contribution is 5.60. The van der Waals surface area contributed by atoms with Gasteiger partial charge in [-0.3, -0.25) is 0 Å². The molecule has 0 fully saturated rings. The zero-order valence-electron chi connectivity index (χ0n) is 7.47. The predicted octanol–water partition coefficient (Wildman–Crippen LogP) is 2.65. The molecule has 0 amide bonds. The van der Waals surface area contributed by atoms with Crippen molar-refractivity contribution >= 4 is 12.3 Å². The summed E-state index contributed by atoms with van der Waals surface area (Å²) in [5.74, 6) is -0.224. The molecular weight excluding hydrogens is 179 g/mol. The van der Waals surface area contributed by atoms with Crippen LogP contribution in [0.25, 0.3) is 12.3 Å². The normalized spacial score (nSPS) is 10.9. The lowest BCUT2D eigenvalue weighted by atomic mass is 10.2. The zero-order chi connectivity index (χ0) is 9.80. The van der Waals surface area contributed by atoms with E-state index in [1.807, 2.05) is 24.5 Å². The third-order valence-corrected chi connectivity index (χ3v) is 1.81. The molecule has 2 aromatic rings. The lowest BCUT2D eigenvalue weighted by Gasteiger charge is -1.93. The highest BCUT2D eigenvalue weighted by atomic mass is 19.1. The van der Waals surface area contributed by atoms with Crippen molar-refractivity contribution in [3.63, 3.8) is 0 Å². The van der Waals surface area contributed by atoms with E-state index in [1.54, 1.807) is 23.2 Å². The molecule has 0 atom stereocenters. The number of benzene rings is 1. The molecule has 0 aliphatic heterocycles. The molecule has 0 unspecified atom stereocenters. The Morgan fingerprint density at radius 2 is 2.29 bits per heavy atom. The smallest absolute Gasteiger partial charge is 0.123 e. The molecule has 0 bridgehead atoms. The minimum atomic E-state index is -0.224. The van der Waals surface area contributed by atoms with Crippen molar-refractivity contribution in [2.75, 3.05) is 0 Å². The van der Waals surface area contributed by atoms with Crippen LogP contribution in [0.2, 0.25) is 0 Å².